The van der Waals surface area contributed by atoms with Gasteiger partial charge in [-0.3, -0.25) is 4.57 Å². The summed E-state index contributed by atoms with van der Waals surface area (Å²) in [5.41, 5.74) is 0. The van der Waals surface area contributed by atoms with Crippen molar-refractivity contribution < 1.29 is 9.53 Å². The Bertz CT molecular complexity index is 317. The third-order valence-corrected chi connectivity index (χ3v) is 2.61. The first-order valence-corrected chi connectivity index (χ1v) is 5.18. The molecule has 2 rings (SSSR count). The summed E-state index contributed by atoms with van der Waals surface area (Å²) < 4.78 is 6.92. The molecule has 0 radical (unpaired) electrons. The van der Waals surface area contributed by atoms with Crippen molar-refractivity contribution in [2.75, 3.05) is 6.61 Å². The summed E-state index contributed by atoms with van der Waals surface area (Å²) in [6.07, 6.45) is 6.93. The minimum Gasteiger partial charge on any atom is -0.376 e. The van der Waals surface area contributed by atoms with Crippen LogP contribution in [-0.4, -0.2) is 34.3 Å². The second kappa shape index (κ2) is 4.44. The maximum Gasteiger partial charge on any atom is 0.327 e. The lowest BCUT2D eigenvalue weighted by atomic mass is 10.1. The fourth-order valence-electron chi connectivity index (χ4n) is 1.74. The van der Waals surface area contributed by atoms with Gasteiger partial charge in [0.2, 0.25) is 0 Å². The molecule has 0 aromatic carbocycles. The molecule has 5 nitrogen and oxygen atoms in total. The number of carbonyl (C=O) groups is 1. The highest BCUT2D eigenvalue weighted by Gasteiger charge is 2.23. The minimum atomic E-state index is -0.157. The SMILES string of the molecule is CC(NC(=O)n1ccnc1)C1CCCO1. The van der Waals surface area contributed by atoms with E-state index in [0.29, 0.717) is 0 Å². The van der Waals surface area contributed by atoms with Gasteiger partial charge in [-0.05, 0) is 19.8 Å². The Morgan fingerprint density at radius 3 is 3.20 bits per heavy atom. The maximum absolute atomic E-state index is 11.6. The van der Waals surface area contributed by atoms with Gasteiger partial charge in [0.05, 0.1) is 12.1 Å². The van der Waals surface area contributed by atoms with E-state index < -0.39 is 0 Å². The number of nitrogens with zero attached hydrogens (tertiary/aromatic N) is 2. The monoisotopic (exact) mass is 209 g/mol. The zero-order valence-corrected chi connectivity index (χ0v) is 8.72. The molecule has 1 aromatic rings. The van der Waals surface area contributed by atoms with Gasteiger partial charge >= 0.3 is 6.03 Å². The second-order valence-electron chi connectivity index (χ2n) is 3.76. The molecule has 82 valence electrons. The fraction of sp³-hybridized carbons (Fsp3) is 0.600. The van der Waals surface area contributed by atoms with Crippen molar-refractivity contribution in [3.05, 3.63) is 18.7 Å². The molecule has 0 aliphatic carbocycles. The van der Waals surface area contributed by atoms with Crippen molar-refractivity contribution >= 4 is 6.03 Å². The molecule has 2 heterocycles. The number of ether oxygens (including phenoxy) is 1. The van der Waals surface area contributed by atoms with E-state index >= 15 is 0 Å². The topological polar surface area (TPSA) is 56.2 Å². The van der Waals surface area contributed by atoms with Gasteiger partial charge in [-0.25, -0.2) is 9.78 Å². The third-order valence-electron chi connectivity index (χ3n) is 2.61. The van der Waals surface area contributed by atoms with Crippen molar-refractivity contribution in [2.24, 2.45) is 0 Å². The summed E-state index contributed by atoms with van der Waals surface area (Å²) in [5, 5.41) is 2.88. The van der Waals surface area contributed by atoms with Gasteiger partial charge in [-0.15, -0.1) is 0 Å². The molecule has 2 atom stereocenters. The Morgan fingerprint density at radius 2 is 2.60 bits per heavy atom. The van der Waals surface area contributed by atoms with Crippen LogP contribution in [0.1, 0.15) is 19.8 Å². The average molecular weight is 209 g/mol. The maximum atomic E-state index is 11.6. The number of imidazole rings is 1. The van der Waals surface area contributed by atoms with Crippen LogP contribution in [0.2, 0.25) is 0 Å². The van der Waals surface area contributed by atoms with Crippen molar-refractivity contribution in [2.45, 2.75) is 31.9 Å². The smallest absolute Gasteiger partial charge is 0.327 e. The number of rotatable bonds is 2. The van der Waals surface area contributed by atoms with Gasteiger partial charge in [-0.1, -0.05) is 0 Å². The summed E-state index contributed by atoms with van der Waals surface area (Å²) in [6.45, 7) is 2.76. The average Bonchev–Trinajstić information content (AvgIpc) is 2.91. The van der Waals surface area contributed by atoms with Gasteiger partial charge in [0, 0.05) is 19.0 Å². The minimum absolute atomic E-state index is 0.0439. The van der Waals surface area contributed by atoms with Crippen LogP contribution < -0.4 is 5.32 Å². The predicted molar refractivity (Wildman–Crippen MR) is 54.6 cm³/mol. The van der Waals surface area contributed by atoms with Crippen LogP contribution in [0.15, 0.2) is 18.7 Å². The van der Waals surface area contributed by atoms with E-state index in [-0.39, 0.29) is 18.2 Å². The highest BCUT2D eigenvalue weighted by atomic mass is 16.5. The molecule has 1 amide bonds. The van der Waals surface area contributed by atoms with Crippen LogP contribution in [0.4, 0.5) is 4.79 Å². The van der Waals surface area contributed by atoms with Crippen LogP contribution in [0, 0.1) is 0 Å². The van der Waals surface area contributed by atoms with E-state index in [4.69, 9.17) is 4.74 Å². The third kappa shape index (κ3) is 2.36. The molecule has 2 unspecified atom stereocenters. The van der Waals surface area contributed by atoms with Crippen molar-refractivity contribution in [1.29, 1.82) is 0 Å². The molecule has 5 heteroatoms. The van der Waals surface area contributed by atoms with Crippen LogP contribution in [0.3, 0.4) is 0 Å². The van der Waals surface area contributed by atoms with Crippen LogP contribution in [-0.2, 0) is 4.74 Å². The van der Waals surface area contributed by atoms with E-state index in [2.05, 4.69) is 10.3 Å². The van der Waals surface area contributed by atoms with Crippen molar-refractivity contribution in [3.63, 3.8) is 0 Å². The molecule has 0 bridgehead atoms. The largest absolute Gasteiger partial charge is 0.376 e. The van der Waals surface area contributed by atoms with Crippen LogP contribution in [0.25, 0.3) is 0 Å². The number of hydrogen-bond donors (Lipinski definition) is 1. The number of hydrogen-bond acceptors (Lipinski definition) is 3. The van der Waals surface area contributed by atoms with Crippen LogP contribution in [0.5, 0.6) is 0 Å². The van der Waals surface area contributed by atoms with Crippen LogP contribution >= 0.6 is 0 Å². The summed E-state index contributed by atoms with van der Waals surface area (Å²) in [7, 11) is 0. The Balaban J connectivity index is 1.88. The molecule has 0 saturated carbocycles. The number of amides is 1. The second-order valence-corrected chi connectivity index (χ2v) is 3.76. The zero-order valence-electron chi connectivity index (χ0n) is 8.72. The number of nitrogens with one attached hydrogen (secondary N) is 1. The van der Waals surface area contributed by atoms with Gasteiger partial charge in [0.15, 0.2) is 0 Å². The molecule has 0 spiro atoms. The molecule has 1 N–H and O–H groups in total. The molecular weight excluding hydrogens is 194 g/mol. The first-order valence-electron chi connectivity index (χ1n) is 5.18. The van der Waals surface area contributed by atoms with Crippen molar-refractivity contribution in [1.82, 2.24) is 14.9 Å². The van der Waals surface area contributed by atoms with Gasteiger partial charge in [0.1, 0.15) is 6.33 Å². The van der Waals surface area contributed by atoms with E-state index in [9.17, 15) is 4.79 Å². The Kier molecular flexibility index (Phi) is 3.01. The van der Waals surface area contributed by atoms with E-state index in [1.165, 1.54) is 10.9 Å². The lowest BCUT2D eigenvalue weighted by Gasteiger charge is -2.19. The van der Waals surface area contributed by atoms with Crippen molar-refractivity contribution in [3.8, 4) is 0 Å². The number of carbonyl (C=O) groups excluding carboxylic acids is 1. The summed E-state index contributed by atoms with van der Waals surface area (Å²) in [4.78, 5) is 15.4. The first kappa shape index (κ1) is 10.2. The summed E-state index contributed by atoms with van der Waals surface area (Å²) >= 11 is 0. The highest BCUT2D eigenvalue weighted by molar-refractivity contribution is 5.76. The van der Waals surface area contributed by atoms with Gasteiger partial charge in [-0.2, -0.15) is 0 Å². The molecule has 1 aromatic heterocycles. The zero-order chi connectivity index (χ0) is 10.7. The predicted octanol–water partition coefficient (Wildman–Crippen LogP) is 1.01. The quantitative estimate of drug-likeness (QED) is 0.790. The van der Waals surface area contributed by atoms with E-state index in [0.717, 1.165) is 19.4 Å². The Hall–Kier alpha value is -1.36. The lowest BCUT2D eigenvalue weighted by Crippen LogP contribution is -2.42. The normalized spacial score (nSPS) is 22.6. The standard InChI is InChI=1S/C10H15N3O2/c1-8(9-3-2-6-15-9)12-10(14)13-5-4-11-7-13/h4-5,7-9H,2-3,6H2,1H3,(H,12,14). The molecule has 1 fully saturated rings. The van der Waals surface area contributed by atoms with E-state index in [1.54, 1.807) is 12.4 Å². The molecule has 1 saturated heterocycles. The van der Waals surface area contributed by atoms with Gasteiger partial charge < -0.3 is 10.1 Å². The first-order chi connectivity index (χ1) is 7.27. The fourth-order valence-corrected chi connectivity index (χ4v) is 1.74. The summed E-state index contributed by atoms with van der Waals surface area (Å²) in [5.74, 6) is 0. The lowest BCUT2D eigenvalue weighted by molar-refractivity contribution is 0.0861. The van der Waals surface area contributed by atoms with Gasteiger partial charge in [0.25, 0.3) is 0 Å². The number of aromatic nitrogens is 2. The Labute approximate surface area is 88.4 Å². The highest BCUT2D eigenvalue weighted by Crippen LogP contribution is 2.15. The molecule has 1 aliphatic heterocycles. The molecular formula is C10H15N3O2. The summed E-state index contributed by atoms with van der Waals surface area (Å²) in [6, 6.07) is -0.113. The van der Waals surface area contributed by atoms with E-state index in [1.807, 2.05) is 6.92 Å². The Morgan fingerprint density at radius 1 is 1.73 bits per heavy atom. The molecule has 1 aliphatic rings. The molecule has 15 heavy (non-hydrogen) atoms.